The van der Waals surface area contributed by atoms with Gasteiger partial charge in [-0.25, -0.2) is 9.59 Å². The number of halogens is 1. The molecule has 114 valence electrons. The van der Waals surface area contributed by atoms with Gasteiger partial charge in [-0.1, -0.05) is 0 Å². The minimum atomic E-state index is -1.66. The molecule has 0 aromatic rings. The van der Waals surface area contributed by atoms with Crippen LogP contribution in [0.3, 0.4) is 0 Å². The number of amides is 1. The summed E-state index contributed by atoms with van der Waals surface area (Å²) in [6, 6.07) is -0.234. The van der Waals surface area contributed by atoms with Crippen molar-refractivity contribution in [3.05, 3.63) is 11.9 Å². The Morgan fingerprint density at radius 2 is 2.15 bits per heavy atom. The molecule has 7 heteroatoms. The van der Waals surface area contributed by atoms with Crippen molar-refractivity contribution in [2.45, 2.75) is 38.8 Å². The lowest BCUT2D eigenvalue weighted by molar-refractivity contribution is -0.134. The second-order valence-corrected chi connectivity index (χ2v) is 5.51. The van der Waals surface area contributed by atoms with Gasteiger partial charge in [-0.05, 0) is 33.3 Å². The van der Waals surface area contributed by atoms with E-state index in [9.17, 15) is 14.0 Å². The average Bonchev–Trinajstić information content (AvgIpc) is 2.79. The van der Waals surface area contributed by atoms with E-state index in [-0.39, 0.29) is 12.6 Å². The molecule has 0 bridgehead atoms. The smallest absolute Gasteiger partial charge is 0.410 e. The Bertz CT molecular complexity index is 396. The molecule has 1 N–H and O–H groups in total. The van der Waals surface area contributed by atoms with Crippen molar-refractivity contribution in [1.82, 2.24) is 4.90 Å². The summed E-state index contributed by atoms with van der Waals surface area (Å²) in [5.41, 5.74) is -0.677. The van der Waals surface area contributed by atoms with E-state index in [4.69, 9.17) is 14.6 Å². The Morgan fingerprint density at radius 1 is 1.50 bits per heavy atom. The highest BCUT2D eigenvalue weighted by Gasteiger charge is 2.30. The number of rotatable bonds is 4. The van der Waals surface area contributed by atoms with Crippen LogP contribution in [0.4, 0.5) is 9.18 Å². The molecule has 6 nitrogen and oxygen atoms in total. The zero-order chi connectivity index (χ0) is 15.3. The first kappa shape index (κ1) is 16.4. The number of carboxylic acids is 1. The maximum Gasteiger partial charge on any atom is 0.410 e. The summed E-state index contributed by atoms with van der Waals surface area (Å²) in [4.78, 5) is 23.8. The Morgan fingerprint density at radius 3 is 2.60 bits per heavy atom. The van der Waals surface area contributed by atoms with Crippen LogP contribution in [-0.2, 0) is 14.3 Å². The van der Waals surface area contributed by atoms with Gasteiger partial charge in [-0.3, -0.25) is 4.90 Å². The summed E-state index contributed by atoms with van der Waals surface area (Å²) in [6.45, 7) is 5.85. The number of hydrogen-bond donors (Lipinski definition) is 1. The van der Waals surface area contributed by atoms with Crippen molar-refractivity contribution < 1.29 is 28.6 Å². The highest BCUT2D eigenvalue weighted by atomic mass is 19.1. The maximum absolute atomic E-state index is 13.0. The van der Waals surface area contributed by atoms with Crippen LogP contribution < -0.4 is 0 Å². The first-order valence-electron chi connectivity index (χ1n) is 6.37. The summed E-state index contributed by atoms with van der Waals surface area (Å²) < 4.78 is 23.5. The highest BCUT2D eigenvalue weighted by Crippen LogP contribution is 2.17. The fourth-order valence-corrected chi connectivity index (χ4v) is 1.73. The van der Waals surface area contributed by atoms with Crippen LogP contribution in [0.2, 0.25) is 0 Å². The van der Waals surface area contributed by atoms with Crippen molar-refractivity contribution in [3.8, 4) is 0 Å². The fraction of sp³-hybridized carbons (Fsp3) is 0.692. The number of aliphatic carboxylic acids is 1. The number of carbonyl (C=O) groups is 2. The summed E-state index contributed by atoms with van der Waals surface area (Å²) in [6.07, 6.45) is 0.856. The molecule has 0 radical (unpaired) electrons. The third-order valence-electron chi connectivity index (χ3n) is 2.65. The largest absolute Gasteiger partial charge is 0.476 e. The van der Waals surface area contributed by atoms with Gasteiger partial charge in [0.1, 0.15) is 5.60 Å². The Labute approximate surface area is 117 Å². The highest BCUT2D eigenvalue weighted by molar-refractivity contribution is 5.84. The zero-order valence-electron chi connectivity index (χ0n) is 11.9. The van der Waals surface area contributed by atoms with Gasteiger partial charge in [0.2, 0.25) is 5.83 Å². The topological polar surface area (TPSA) is 76.1 Å². The van der Waals surface area contributed by atoms with Gasteiger partial charge in [-0.15, -0.1) is 0 Å². The summed E-state index contributed by atoms with van der Waals surface area (Å²) in [7, 11) is 0. The van der Waals surface area contributed by atoms with E-state index in [1.54, 1.807) is 20.8 Å². The van der Waals surface area contributed by atoms with Gasteiger partial charge in [0.25, 0.3) is 0 Å². The van der Waals surface area contributed by atoms with Crippen LogP contribution in [0.5, 0.6) is 0 Å². The lowest BCUT2D eigenvalue weighted by Crippen LogP contribution is -2.44. The molecule has 0 unspecified atom stereocenters. The van der Waals surface area contributed by atoms with Crippen LogP contribution in [0.15, 0.2) is 11.9 Å². The van der Waals surface area contributed by atoms with Crippen LogP contribution in [0.1, 0.15) is 27.2 Å². The molecule has 1 heterocycles. The molecule has 1 aliphatic rings. The first-order valence-corrected chi connectivity index (χ1v) is 6.37. The van der Waals surface area contributed by atoms with Gasteiger partial charge in [-0.2, -0.15) is 4.39 Å². The average molecular weight is 289 g/mol. The quantitative estimate of drug-likeness (QED) is 0.800. The molecule has 0 spiro atoms. The summed E-state index contributed by atoms with van der Waals surface area (Å²) >= 11 is 0. The third-order valence-corrected chi connectivity index (χ3v) is 2.65. The molecular weight excluding hydrogens is 269 g/mol. The number of nitrogens with zero attached hydrogens (tertiary/aromatic N) is 1. The van der Waals surface area contributed by atoms with E-state index >= 15 is 0 Å². The second-order valence-electron chi connectivity index (χ2n) is 5.51. The lowest BCUT2D eigenvalue weighted by atomic mass is 10.2. The molecule has 1 rings (SSSR count). The van der Waals surface area contributed by atoms with Gasteiger partial charge in [0.15, 0.2) is 0 Å². The van der Waals surface area contributed by atoms with Gasteiger partial charge in [0.05, 0.1) is 12.6 Å². The van der Waals surface area contributed by atoms with E-state index < -0.39 is 23.5 Å². The van der Waals surface area contributed by atoms with Crippen LogP contribution in [0.25, 0.3) is 0 Å². The van der Waals surface area contributed by atoms with Crippen molar-refractivity contribution in [3.63, 3.8) is 0 Å². The molecular formula is C13H20FNO5. The van der Waals surface area contributed by atoms with Crippen LogP contribution in [-0.4, -0.2) is 53.5 Å². The predicted molar refractivity (Wildman–Crippen MR) is 69.0 cm³/mol. The van der Waals surface area contributed by atoms with E-state index in [0.717, 1.165) is 6.08 Å². The Hall–Kier alpha value is -1.63. The standard InChI is InChI=1S/C13H20FNO5/c1-13(2,3)20-12(18)15(9-5-7-19-8-9)6-4-10(14)11(16)17/h4,9H,5-8H2,1-3H3,(H,16,17)/b10-4-/t9-/m0/s1. The monoisotopic (exact) mass is 289 g/mol. The second kappa shape index (κ2) is 6.69. The first-order chi connectivity index (χ1) is 9.20. The molecule has 0 saturated carbocycles. The van der Waals surface area contributed by atoms with E-state index in [0.29, 0.717) is 19.6 Å². The molecule has 0 aromatic carbocycles. The van der Waals surface area contributed by atoms with E-state index in [2.05, 4.69) is 0 Å². The van der Waals surface area contributed by atoms with E-state index in [1.165, 1.54) is 4.90 Å². The summed E-state index contributed by atoms with van der Waals surface area (Å²) in [5, 5.41) is 8.48. The zero-order valence-corrected chi connectivity index (χ0v) is 11.9. The van der Waals surface area contributed by atoms with Gasteiger partial charge < -0.3 is 14.6 Å². The molecule has 1 amide bonds. The lowest BCUT2D eigenvalue weighted by Gasteiger charge is -2.30. The molecule has 1 fully saturated rings. The molecule has 20 heavy (non-hydrogen) atoms. The minimum Gasteiger partial charge on any atom is -0.476 e. The maximum atomic E-state index is 13.0. The molecule has 0 aromatic heterocycles. The predicted octanol–water partition coefficient (Wildman–Crippen LogP) is 1.95. The van der Waals surface area contributed by atoms with Crippen molar-refractivity contribution in [1.29, 1.82) is 0 Å². The van der Waals surface area contributed by atoms with Crippen molar-refractivity contribution in [2.24, 2.45) is 0 Å². The van der Waals surface area contributed by atoms with Crippen molar-refractivity contribution >= 4 is 12.1 Å². The molecule has 0 aliphatic carbocycles. The molecule has 1 atom stereocenters. The Balaban J connectivity index is 2.77. The normalized spacial score (nSPS) is 19.8. The van der Waals surface area contributed by atoms with Gasteiger partial charge in [0, 0.05) is 13.2 Å². The fourth-order valence-electron chi connectivity index (χ4n) is 1.73. The van der Waals surface area contributed by atoms with Crippen LogP contribution >= 0.6 is 0 Å². The summed E-state index contributed by atoms with van der Waals surface area (Å²) in [5.74, 6) is -2.95. The van der Waals surface area contributed by atoms with Crippen molar-refractivity contribution in [2.75, 3.05) is 19.8 Å². The number of ether oxygens (including phenoxy) is 2. The number of carboxylic acid groups (broad SMARTS) is 1. The number of hydrogen-bond acceptors (Lipinski definition) is 4. The minimum absolute atomic E-state index is 0.166. The molecule has 1 aliphatic heterocycles. The third kappa shape index (κ3) is 5.16. The van der Waals surface area contributed by atoms with Crippen LogP contribution in [0, 0.1) is 0 Å². The number of carbonyl (C=O) groups excluding carboxylic acids is 1. The molecule has 1 saturated heterocycles. The SMILES string of the molecule is CC(C)(C)OC(=O)N(C/C=C(\F)C(=O)O)[C@H]1CCOC1. The van der Waals surface area contributed by atoms with Gasteiger partial charge >= 0.3 is 12.1 Å². The van der Waals surface area contributed by atoms with E-state index in [1.807, 2.05) is 0 Å². The Kier molecular flexibility index (Phi) is 5.50.